The first-order chi connectivity index (χ1) is 30.3. The number of nitroso groups, excluding NO2 is 1. The molecule has 5 unspecified atom stereocenters. The first kappa shape index (κ1) is 53.1. The molecule has 3 rings (SSSR count). The van der Waals surface area contributed by atoms with Crippen molar-refractivity contribution >= 4 is 17.1 Å². The minimum atomic E-state index is -1.19. The van der Waals surface area contributed by atoms with Crippen molar-refractivity contribution in [1.29, 1.82) is 5.26 Å². The average Bonchev–Trinajstić information content (AvgIpc) is 3.26. The first-order valence-corrected chi connectivity index (χ1v) is 22.0. The van der Waals surface area contributed by atoms with E-state index in [-0.39, 0.29) is 77.2 Å². The van der Waals surface area contributed by atoms with Gasteiger partial charge in [-0.1, -0.05) is 29.4 Å². The normalized spacial score (nSPS) is 14.3. The summed E-state index contributed by atoms with van der Waals surface area (Å²) in [4.78, 5) is 16.8. The van der Waals surface area contributed by atoms with E-state index in [2.05, 4.69) is 57.4 Å². The van der Waals surface area contributed by atoms with Crippen LogP contribution in [-0.4, -0.2) is 159 Å². The average molecular weight is 880 g/mol. The summed E-state index contributed by atoms with van der Waals surface area (Å²) in [6.07, 6.45) is -0.716. The number of aryl methyl sites for hydroxylation is 2. The third kappa shape index (κ3) is 16.7. The molecule has 63 heavy (non-hydrogen) atoms. The predicted molar refractivity (Wildman–Crippen MR) is 248 cm³/mol. The van der Waals surface area contributed by atoms with E-state index in [1.54, 1.807) is 0 Å². The number of ether oxygens (including phenoxy) is 6. The summed E-state index contributed by atoms with van der Waals surface area (Å²) >= 11 is 0. The maximum atomic E-state index is 11.6. The third-order valence-corrected chi connectivity index (χ3v) is 10.7. The number of anilines is 3. The monoisotopic (exact) mass is 880 g/mol. The predicted octanol–water partition coefficient (Wildman–Crippen LogP) is 5.24. The Morgan fingerprint density at radius 2 is 0.984 bits per heavy atom. The Morgan fingerprint density at radius 3 is 1.35 bits per heavy atom. The van der Waals surface area contributed by atoms with Crippen LogP contribution in [0.4, 0.5) is 17.1 Å². The van der Waals surface area contributed by atoms with Crippen LogP contribution in [-0.2, 0) is 33.8 Å². The Balaban J connectivity index is 2.11. The highest BCUT2D eigenvalue weighted by molar-refractivity contribution is 5.66. The van der Waals surface area contributed by atoms with Crippen LogP contribution < -0.4 is 14.7 Å². The molecule has 3 aromatic carbocycles. The zero-order valence-electron chi connectivity index (χ0n) is 38.8. The molecule has 0 amide bonds. The summed E-state index contributed by atoms with van der Waals surface area (Å²) in [7, 11) is 3.98. The molecule has 0 saturated heterocycles. The van der Waals surface area contributed by atoms with E-state index < -0.39 is 5.41 Å². The molecule has 0 radical (unpaired) electrons. The molecule has 0 heterocycles. The fourth-order valence-electron chi connectivity index (χ4n) is 7.70. The Bertz CT molecular complexity index is 1790. The molecule has 0 bridgehead atoms. The maximum Gasteiger partial charge on any atom is 0.133 e. The van der Waals surface area contributed by atoms with E-state index in [1.807, 2.05) is 84.8 Å². The highest BCUT2D eigenvalue weighted by Gasteiger charge is 2.40. The van der Waals surface area contributed by atoms with Gasteiger partial charge in [0, 0.05) is 57.3 Å². The number of aliphatic hydroxyl groups excluding tert-OH is 3. The van der Waals surface area contributed by atoms with E-state index in [0.717, 1.165) is 44.9 Å². The highest BCUT2D eigenvalue weighted by Crippen LogP contribution is 2.44. The second kappa shape index (κ2) is 28.6. The van der Waals surface area contributed by atoms with Crippen molar-refractivity contribution in [1.82, 2.24) is 0 Å². The van der Waals surface area contributed by atoms with Crippen molar-refractivity contribution in [3.8, 4) is 6.07 Å². The summed E-state index contributed by atoms with van der Waals surface area (Å²) in [5.41, 5.74) is 6.11. The molecular formula is C48H73N5O10. The summed E-state index contributed by atoms with van der Waals surface area (Å²) in [6.45, 7) is 16.6. The van der Waals surface area contributed by atoms with E-state index >= 15 is 0 Å². The number of aliphatic hydroxyl groups is 3. The van der Waals surface area contributed by atoms with E-state index in [1.165, 1.54) is 0 Å². The van der Waals surface area contributed by atoms with Gasteiger partial charge in [-0.3, -0.25) is 0 Å². The SMILES string of the molecule is Cc1cc(N(CC(C)OCCO)CC(C)OCCOCCO)ccc1C(C#N)(c1ccc(N(C)C)cc1)c1ccc(N(CC(C)OCCO)CC(C)OCCOCCN=O)cc1C. The van der Waals surface area contributed by atoms with Crippen LogP contribution >= 0.6 is 0 Å². The van der Waals surface area contributed by atoms with E-state index in [4.69, 9.17) is 33.5 Å². The lowest BCUT2D eigenvalue weighted by Crippen LogP contribution is -2.39. The molecule has 0 spiro atoms. The smallest absolute Gasteiger partial charge is 0.133 e. The Labute approximate surface area is 375 Å². The lowest BCUT2D eigenvalue weighted by Gasteiger charge is -2.35. The van der Waals surface area contributed by atoms with Crippen molar-refractivity contribution < 1.29 is 43.7 Å². The Kier molecular flexibility index (Phi) is 24.1. The van der Waals surface area contributed by atoms with Crippen molar-refractivity contribution in [3.05, 3.63) is 93.4 Å². The number of nitrogens with zero attached hydrogens (tertiary/aromatic N) is 5. The van der Waals surface area contributed by atoms with Crippen LogP contribution in [0.25, 0.3) is 0 Å². The number of nitriles is 1. The lowest BCUT2D eigenvalue weighted by atomic mass is 9.68. The number of hydrogen-bond acceptors (Lipinski definition) is 15. The second-order valence-corrected chi connectivity index (χ2v) is 16.1. The topological polar surface area (TPSA) is 179 Å². The molecule has 15 nitrogen and oxygen atoms in total. The summed E-state index contributed by atoms with van der Waals surface area (Å²) in [5, 5.41) is 42.4. The largest absolute Gasteiger partial charge is 0.394 e. The molecule has 0 aromatic heterocycles. The molecule has 350 valence electrons. The van der Waals surface area contributed by atoms with Gasteiger partial charge in [0.2, 0.25) is 0 Å². The van der Waals surface area contributed by atoms with Crippen LogP contribution in [0.2, 0.25) is 0 Å². The van der Waals surface area contributed by atoms with Gasteiger partial charge in [-0.25, -0.2) is 0 Å². The zero-order valence-corrected chi connectivity index (χ0v) is 38.8. The van der Waals surface area contributed by atoms with Crippen LogP contribution in [0.15, 0.2) is 65.8 Å². The van der Waals surface area contributed by atoms with Crippen LogP contribution in [0, 0.1) is 30.1 Å². The van der Waals surface area contributed by atoms with Gasteiger partial charge in [-0.05, 0) is 106 Å². The van der Waals surface area contributed by atoms with Gasteiger partial charge in [0.15, 0.2) is 0 Å². The fraction of sp³-hybridized carbons (Fsp3) is 0.604. The van der Waals surface area contributed by atoms with Crippen LogP contribution in [0.3, 0.4) is 0 Å². The Morgan fingerprint density at radius 1 is 0.587 bits per heavy atom. The second-order valence-electron chi connectivity index (χ2n) is 16.1. The minimum Gasteiger partial charge on any atom is -0.394 e. The third-order valence-electron chi connectivity index (χ3n) is 10.7. The standard InChI is InChI=1S/C48H73N5O10/c1-36-29-44(52(31-38(3)60-23-19-55)33-40(5)62-27-25-58-21-17-50-57)13-15-46(36)48(35-49,42-9-11-43(12-10-42)51(7)8)47-16-14-45(30-37(47)2)53(32-39(4)61-24-20-56)34-41(6)63-28-26-59-22-18-54/h9-16,29-30,38-41,54-56H,17-28,31-34H2,1-8H3. The van der Waals surface area contributed by atoms with E-state index in [9.17, 15) is 20.4 Å². The molecule has 0 aliphatic carbocycles. The molecule has 3 N–H and O–H groups in total. The molecular weight excluding hydrogens is 807 g/mol. The van der Waals surface area contributed by atoms with Crippen molar-refractivity contribution in [2.75, 3.05) is 134 Å². The maximum absolute atomic E-state index is 11.6. The van der Waals surface area contributed by atoms with Gasteiger partial charge in [-0.15, -0.1) is 0 Å². The molecule has 5 atom stereocenters. The number of benzene rings is 3. The molecule has 0 fully saturated rings. The van der Waals surface area contributed by atoms with Gasteiger partial charge in [0.1, 0.15) is 12.0 Å². The molecule has 0 aliphatic heterocycles. The Hall–Kier alpha value is -4.21. The zero-order chi connectivity index (χ0) is 46.2. The fourth-order valence-corrected chi connectivity index (χ4v) is 7.70. The van der Waals surface area contributed by atoms with Crippen LogP contribution in [0.1, 0.15) is 55.5 Å². The van der Waals surface area contributed by atoms with Crippen LogP contribution in [0.5, 0.6) is 0 Å². The van der Waals surface area contributed by atoms with Crippen molar-refractivity contribution in [2.45, 2.75) is 71.4 Å². The van der Waals surface area contributed by atoms with Gasteiger partial charge in [0.25, 0.3) is 0 Å². The first-order valence-electron chi connectivity index (χ1n) is 22.0. The van der Waals surface area contributed by atoms with Crippen molar-refractivity contribution in [2.24, 2.45) is 5.18 Å². The molecule has 15 heteroatoms. The lowest BCUT2D eigenvalue weighted by molar-refractivity contribution is 0.00485. The van der Waals surface area contributed by atoms with Gasteiger partial charge in [0.05, 0.1) is 103 Å². The summed E-state index contributed by atoms with van der Waals surface area (Å²) < 4.78 is 34.8. The summed E-state index contributed by atoms with van der Waals surface area (Å²) in [5.74, 6) is 0. The van der Waals surface area contributed by atoms with Gasteiger partial charge in [-0.2, -0.15) is 10.2 Å². The van der Waals surface area contributed by atoms with Gasteiger partial charge >= 0.3 is 0 Å². The van der Waals surface area contributed by atoms with Crippen molar-refractivity contribution in [3.63, 3.8) is 0 Å². The minimum absolute atomic E-state index is 0.0400. The van der Waals surface area contributed by atoms with E-state index in [0.29, 0.717) is 52.6 Å². The molecule has 0 saturated carbocycles. The quantitative estimate of drug-likeness (QED) is 0.0411. The molecule has 3 aromatic rings. The number of hydrogen-bond donors (Lipinski definition) is 3. The summed E-state index contributed by atoms with van der Waals surface area (Å²) in [6, 6.07) is 23.5. The molecule has 0 aliphatic rings. The van der Waals surface area contributed by atoms with Gasteiger partial charge < -0.3 is 58.4 Å². The highest BCUT2D eigenvalue weighted by atomic mass is 16.5. The number of rotatable bonds is 33.